The van der Waals surface area contributed by atoms with Crippen LogP contribution in [0.2, 0.25) is 0 Å². The summed E-state index contributed by atoms with van der Waals surface area (Å²) in [6.07, 6.45) is 0.373. The van der Waals surface area contributed by atoms with Gasteiger partial charge in [-0.1, -0.05) is 41.5 Å². The van der Waals surface area contributed by atoms with Crippen molar-refractivity contribution in [1.82, 2.24) is 0 Å². The quantitative estimate of drug-likeness (QED) is 0.322. The Morgan fingerprint density at radius 2 is 1.41 bits per heavy atom. The lowest BCUT2D eigenvalue weighted by Crippen LogP contribution is -2.24. The van der Waals surface area contributed by atoms with Gasteiger partial charge in [0.05, 0.1) is 14.2 Å². The molecule has 27 heavy (non-hydrogen) atoms. The highest BCUT2D eigenvalue weighted by molar-refractivity contribution is 5.90. The summed E-state index contributed by atoms with van der Waals surface area (Å²) in [6.45, 7) is 13.7. The molecule has 0 spiro atoms. The Kier molecular flexibility index (Phi) is 7.06. The normalized spacial score (nSPS) is 12.4. The van der Waals surface area contributed by atoms with Crippen molar-refractivity contribution in [2.45, 2.75) is 59.3 Å². The van der Waals surface area contributed by atoms with E-state index in [2.05, 4.69) is 4.74 Å². The summed E-state index contributed by atoms with van der Waals surface area (Å²) in [4.78, 5) is 24.0. The molecule has 0 amide bonds. The molecule has 1 rings (SSSR count). The predicted octanol–water partition coefficient (Wildman–Crippen LogP) is 4.88. The Bertz CT molecular complexity index is 697. The van der Waals surface area contributed by atoms with Crippen molar-refractivity contribution >= 4 is 12.1 Å². The summed E-state index contributed by atoms with van der Waals surface area (Å²) in [5.41, 5.74) is 0.995. The molecule has 0 saturated carbocycles. The number of benzene rings is 1. The second kappa shape index (κ2) is 8.46. The van der Waals surface area contributed by atoms with Gasteiger partial charge in [-0.05, 0) is 36.0 Å². The zero-order valence-corrected chi connectivity index (χ0v) is 17.7. The maximum Gasteiger partial charge on any atom is 0.513 e. The van der Waals surface area contributed by atoms with E-state index < -0.39 is 12.1 Å². The molecule has 0 radical (unpaired) electrons. The molecule has 0 atom stereocenters. The zero-order valence-electron chi connectivity index (χ0n) is 17.7. The van der Waals surface area contributed by atoms with Crippen LogP contribution in [0.4, 0.5) is 4.79 Å². The van der Waals surface area contributed by atoms with E-state index in [1.807, 2.05) is 53.7 Å². The third kappa shape index (κ3) is 5.74. The lowest BCUT2D eigenvalue weighted by Gasteiger charge is -2.29. The SMILES string of the molecule is C/C=C(/OC(=O)OC)C(=O)Oc1c(C(C)(C)C)cc(OC)cc1C(C)(C)C. The first kappa shape index (κ1) is 22.5. The third-order valence-corrected chi connectivity index (χ3v) is 3.93. The van der Waals surface area contributed by atoms with Gasteiger partial charge in [-0.15, -0.1) is 0 Å². The van der Waals surface area contributed by atoms with Crippen LogP contribution >= 0.6 is 0 Å². The first-order valence-electron chi connectivity index (χ1n) is 8.72. The largest absolute Gasteiger partial charge is 0.513 e. The second-order valence-electron chi connectivity index (χ2n) is 8.15. The first-order valence-corrected chi connectivity index (χ1v) is 8.72. The van der Waals surface area contributed by atoms with E-state index in [9.17, 15) is 9.59 Å². The Labute approximate surface area is 161 Å². The summed E-state index contributed by atoms with van der Waals surface area (Å²) in [5.74, 6) is 0.108. The number of ether oxygens (including phenoxy) is 4. The number of carbonyl (C=O) groups excluding carboxylic acids is 2. The molecule has 0 bridgehead atoms. The summed E-state index contributed by atoms with van der Waals surface area (Å²) in [7, 11) is 2.77. The molecule has 1 aromatic carbocycles. The van der Waals surface area contributed by atoms with Crippen LogP contribution in [0.25, 0.3) is 0 Å². The van der Waals surface area contributed by atoms with Crippen molar-refractivity contribution in [2.75, 3.05) is 14.2 Å². The molecule has 150 valence electrons. The molecule has 0 aliphatic rings. The Balaban J connectivity index is 3.52. The Morgan fingerprint density at radius 1 is 0.926 bits per heavy atom. The average Bonchev–Trinajstić information content (AvgIpc) is 2.57. The molecular formula is C21H30O6. The van der Waals surface area contributed by atoms with Crippen LogP contribution in [0.5, 0.6) is 11.5 Å². The van der Waals surface area contributed by atoms with Crippen LogP contribution in [0.3, 0.4) is 0 Å². The van der Waals surface area contributed by atoms with Gasteiger partial charge in [0, 0.05) is 11.1 Å². The lowest BCUT2D eigenvalue weighted by molar-refractivity contribution is -0.133. The molecule has 0 fully saturated rings. The number of rotatable bonds is 4. The van der Waals surface area contributed by atoms with Gasteiger partial charge in [0.2, 0.25) is 5.76 Å². The first-order chi connectivity index (χ1) is 12.3. The minimum atomic E-state index is -0.984. The standard InChI is InChI=1S/C21H30O6/c1-10-16(26-19(23)25-9)18(22)27-17-14(20(2,3)4)11-13(24-8)12-15(17)21(5,6)7/h10-12H,1-9H3/b16-10+. The fourth-order valence-corrected chi connectivity index (χ4v) is 2.44. The van der Waals surface area contributed by atoms with Gasteiger partial charge in [-0.3, -0.25) is 0 Å². The number of hydrogen-bond acceptors (Lipinski definition) is 6. The number of methoxy groups -OCH3 is 2. The van der Waals surface area contributed by atoms with E-state index in [-0.39, 0.29) is 16.6 Å². The van der Waals surface area contributed by atoms with Crippen molar-refractivity contribution in [2.24, 2.45) is 0 Å². The third-order valence-electron chi connectivity index (χ3n) is 3.93. The van der Waals surface area contributed by atoms with Crippen molar-refractivity contribution in [3.8, 4) is 11.5 Å². The molecule has 6 heteroatoms. The smallest absolute Gasteiger partial charge is 0.497 e. The van der Waals surface area contributed by atoms with Crippen molar-refractivity contribution in [3.63, 3.8) is 0 Å². The van der Waals surface area contributed by atoms with Crippen LogP contribution in [0, 0.1) is 0 Å². The van der Waals surface area contributed by atoms with Gasteiger partial charge in [0.15, 0.2) is 0 Å². The molecular weight excluding hydrogens is 348 g/mol. The lowest BCUT2D eigenvalue weighted by atomic mass is 9.79. The van der Waals surface area contributed by atoms with Crippen LogP contribution in [0.15, 0.2) is 24.0 Å². The van der Waals surface area contributed by atoms with Crippen molar-refractivity contribution < 1.29 is 28.5 Å². The predicted molar refractivity (Wildman–Crippen MR) is 103 cm³/mol. The van der Waals surface area contributed by atoms with Crippen LogP contribution in [-0.2, 0) is 25.1 Å². The molecule has 0 aromatic heterocycles. The fraction of sp³-hybridized carbons (Fsp3) is 0.524. The highest BCUT2D eigenvalue weighted by Crippen LogP contribution is 2.42. The summed E-state index contributed by atoms with van der Waals surface area (Å²) in [5, 5.41) is 0. The van der Waals surface area contributed by atoms with Crippen molar-refractivity contribution in [3.05, 3.63) is 35.1 Å². The molecule has 0 heterocycles. The van der Waals surface area contributed by atoms with E-state index in [4.69, 9.17) is 14.2 Å². The van der Waals surface area contributed by atoms with Gasteiger partial charge >= 0.3 is 12.1 Å². The van der Waals surface area contributed by atoms with Crippen LogP contribution < -0.4 is 9.47 Å². The maximum atomic E-state index is 12.7. The van der Waals surface area contributed by atoms with Crippen molar-refractivity contribution in [1.29, 1.82) is 0 Å². The number of allylic oxidation sites excluding steroid dienone is 1. The molecule has 6 nitrogen and oxygen atoms in total. The van der Waals surface area contributed by atoms with E-state index >= 15 is 0 Å². The molecule has 1 aromatic rings. The maximum absolute atomic E-state index is 12.7. The van der Waals surface area contributed by atoms with E-state index in [1.54, 1.807) is 14.0 Å². The van der Waals surface area contributed by atoms with Gasteiger partial charge in [-0.25, -0.2) is 9.59 Å². The molecule has 0 saturated heterocycles. The summed E-state index contributed by atoms with van der Waals surface area (Å²) in [6, 6.07) is 3.71. The van der Waals surface area contributed by atoms with Crippen LogP contribution in [-0.4, -0.2) is 26.3 Å². The van der Waals surface area contributed by atoms with E-state index in [0.29, 0.717) is 11.5 Å². The van der Waals surface area contributed by atoms with Gasteiger partial charge < -0.3 is 18.9 Å². The zero-order chi connectivity index (χ0) is 21.0. The molecule has 0 unspecified atom stereocenters. The highest BCUT2D eigenvalue weighted by atomic mass is 16.7. The monoisotopic (exact) mass is 378 g/mol. The minimum absolute atomic E-state index is 0.239. The van der Waals surface area contributed by atoms with E-state index in [0.717, 1.165) is 11.1 Å². The molecule has 0 aliphatic heterocycles. The van der Waals surface area contributed by atoms with E-state index in [1.165, 1.54) is 13.2 Å². The number of carbonyl (C=O) groups is 2. The number of hydrogen-bond donors (Lipinski definition) is 0. The fourth-order valence-electron chi connectivity index (χ4n) is 2.44. The molecule has 0 N–H and O–H groups in total. The molecule has 0 aliphatic carbocycles. The Morgan fingerprint density at radius 3 is 1.74 bits per heavy atom. The topological polar surface area (TPSA) is 71.1 Å². The van der Waals surface area contributed by atoms with Crippen LogP contribution in [0.1, 0.15) is 59.6 Å². The second-order valence-corrected chi connectivity index (χ2v) is 8.15. The van der Waals surface area contributed by atoms with Gasteiger partial charge in [-0.2, -0.15) is 0 Å². The summed E-state index contributed by atoms with van der Waals surface area (Å²) >= 11 is 0. The highest BCUT2D eigenvalue weighted by Gasteiger charge is 2.31. The number of esters is 1. The Hall–Kier alpha value is -2.50. The van der Waals surface area contributed by atoms with Gasteiger partial charge in [0.1, 0.15) is 11.5 Å². The average molecular weight is 378 g/mol. The summed E-state index contributed by atoms with van der Waals surface area (Å²) < 4.78 is 20.5. The van der Waals surface area contributed by atoms with Gasteiger partial charge in [0.25, 0.3) is 0 Å². The minimum Gasteiger partial charge on any atom is -0.497 e.